The molecule has 0 aromatic heterocycles. The van der Waals surface area contributed by atoms with Gasteiger partial charge in [-0.15, -0.1) is 0 Å². The molecule has 1 fully saturated rings. The molecule has 0 radical (unpaired) electrons. The molecule has 1 aliphatic heterocycles. The van der Waals surface area contributed by atoms with Crippen LogP contribution in [-0.2, 0) is 9.53 Å². The van der Waals surface area contributed by atoms with Crippen molar-refractivity contribution in [2.45, 2.75) is 33.7 Å². The van der Waals surface area contributed by atoms with E-state index in [1.807, 2.05) is 20.8 Å². The molecule has 17 heavy (non-hydrogen) atoms. The van der Waals surface area contributed by atoms with Crippen molar-refractivity contribution in [1.29, 1.82) is 0 Å². The zero-order valence-electron chi connectivity index (χ0n) is 11.2. The summed E-state index contributed by atoms with van der Waals surface area (Å²) in [5, 5.41) is 0. The van der Waals surface area contributed by atoms with Gasteiger partial charge in [0.05, 0.1) is 13.2 Å². The summed E-state index contributed by atoms with van der Waals surface area (Å²) >= 11 is 0. The van der Waals surface area contributed by atoms with Crippen molar-refractivity contribution in [3.63, 3.8) is 0 Å². The van der Waals surface area contributed by atoms with Gasteiger partial charge in [-0.05, 0) is 6.92 Å². The molecule has 1 amide bonds. The smallest absolute Gasteiger partial charge is 0.247 e. The minimum Gasteiger partial charge on any atom is -0.387 e. The molecule has 1 saturated heterocycles. The third kappa shape index (κ3) is 4.00. The standard InChI is InChI=1S/C12H23N3O2/c1-9(14-11(13)12(2,3)4)10(16)15-5-7-17-8-6-15/h9H,5-8H2,1-4H3,(H2,13,14). The van der Waals surface area contributed by atoms with Crippen LogP contribution < -0.4 is 5.73 Å². The number of nitrogens with zero attached hydrogens (tertiary/aromatic N) is 2. The fourth-order valence-corrected chi connectivity index (χ4v) is 1.51. The number of amides is 1. The lowest BCUT2D eigenvalue weighted by Gasteiger charge is -2.28. The van der Waals surface area contributed by atoms with E-state index in [2.05, 4.69) is 4.99 Å². The number of hydrogen-bond acceptors (Lipinski definition) is 3. The van der Waals surface area contributed by atoms with Gasteiger partial charge in [0.25, 0.3) is 0 Å². The van der Waals surface area contributed by atoms with Crippen molar-refractivity contribution in [1.82, 2.24) is 4.90 Å². The highest BCUT2D eigenvalue weighted by Crippen LogP contribution is 2.14. The van der Waals surface area contributed by atoms with E-state index in [4.69, 9.17) is 10.5 Å². The summed E-state index contributed by atoms with van der Waals surface area (Å²) in [4.78, 5) is 18.1. The molecule has 5 nitrogen and oxygen atoms in total. The minimum atomic E-state index is -0.410. The Morgan fingerprint density at radius 1 is 1.35 bits per heavy atom. The number of aliphatic imine (C=N–C) groups is 1. The number of ether oxygens (including phenoxy) is 1. The second-order valence-electron chi connectivity index (χ2n) is 5.38. The van der Waals surface area contributed by atoms with E-state index in [9.17, 15) is 4.79 Å². The SMILES string of the molecule is CC(N=C(N)C(C)(C)C)C(=O)N1CCOCC1. The normalized spacial score (nSPS) is 20.2. The summed E-state index contributed by atoms with van der Waals surface area (Å²) in [6, 6.07) is -0.410. The number of morpholine rings is 1. The number of carbonyl (C=O) groups excluding carboxylic acids is 1. The molecule has 0 aliphatic carbocycles. The molecular weight excluding hydrogens is 218 g/mol. The Labute approximate surface area is 103 Å². The van der Waals surface area contributed by atoms with Crippen LogP contribution in [0.4, 0.5) is 0 Å². The summed E-state index contributed by atoms with van der Waals surface area (Å²) < 4.78 is 5.21. The Morgan fingerprint density at radius 2 is 1.88 bits per heavy atom. The zero-order valence-corrected chi connectivity index (χ0v) is 11.2. The Kier molecular flexibility index (Phi) is 4.51. The van der Waals surface area contributed by atoms with Gasteiger partial charge in [-0.2, -0.15) is 0 Å². The van der Waals surface area contributed by atoms with E-state index in [1.165, 1.54) is 0 Å². The van der Waals surface area contributed by atoms with Crippen LogP contribution in [0.5, 0.6) is 0 Å². The van der Waals surface area contributed by atoms with E-state index in [0.29, 0.717) is 32.1 Å². The van der Waals surface area contributed by atoms with Gasteiger partial charge >= 0.3 is 0 Å². The molecule has 5 heteroatoms. The van der Waals surface area contributed by atoms with Gasteiger partial charge < -0.3 is 15.4 Å². The fraction of sp³-hybridized carbons (Fsp3) is 0.833. The average molecular weight is 241 g/mol. The van der Waals surface area contributed by atoms with Crippen LogP contribution in [0.1, 0.15) is 27.7 Å². The minimum absolute atomic E-state index is 0.0282. The molecular formula is C12H23N3O2. The topological polar surface area (TPSA) is 67.9 Å². The Morgan fingerprint density at radius 3 is 2.35 bits per heavy atom. The van der Waals surface area contributed by atoms with Crippen LogP contribution in [0.15, 0.2) is 4.99 Å². The molecule has 2 N–H and O–H groups in total. The highest BCUT2D eigenvalue weighted by atomic mass is 16.5. The first-order valence-corrected chi connectivity index (χ1v) is 6.02. The number of rotatable bonds is 2. The van der Waals surface area contributed by atoms with E-state index >= 15 is 0 Å². The Hall–Kier alpha value is -1.10. The molecule has 98 valence electrons. The van der Waals surface area contributed by atoms with Crippen molar-refractivity contribution in [2.24, 2.45) is 16.1 Å². The van der Waals surface area contributed by atoms with Crippen molar-refractivity contribution in [2.75, 3.05) is 26.3 Å². The van der Waals surface area contributed by atoms with Crippen molar-refractivity contribution < 1.29 is 9.53 Å². The van der Waals surface area contributed by atoms with Crippen LogP contribution in [0, 0.1) is 5.41 Å². The van der Waals surface area contributed by atoms with Crippen LogP contribution in [0.3, 0.4) is 0 Å². The quantitative estimate of drug-likeness (QED) is 0.570. The lowest BCUT2D eigenvalue weighted by atomic mass is 9.95. The van der Waals surface area contributed by atoms with Gasteiger partial charge in [-0.3, -0.25) is 9.79 Å². The van der Waals surface area contributed by atoms with Gasteiger partial charge in [-0.1, -0.05) is 20.8 Å². The van der Waals surface area contributed by atoms with Crippen LogP contribution in [0.2, 0.25) is 0 Å². The van der Waals surface area contributed by atoms with Gasteiger partial charge in [0.2, 0.25) is 5.91 Å². The van der Waals surface area contributed by atoms with Crippen LogP contribution >= 0.6 is 0 Å². The predicted molar refractivity (Wildman–Crippen MR) is 67.9 cm³/mol. The summed E-state index contributed by atoms with van der Waals surface area (Å²) in [7, 11) is 0. The van der Waals surface area contributed by atoms with E-state index in [-0.39, 0.29) is 11.3 Å². The van der Waals surface area contributed by atoms with Gasteiger partial charge in [0.1, 0.15) is 11.9 Å². The van der Waals surface area contributed by atoms with E-state index in [0.717, 1.165) is 0 Å². The molecule has 1 unspecified atom stereocenters. The molecule has 1 heterocycles. The largest absolute Gasteiger partial charge is 0.387 e. The lowest BCUT2D eigenvalue weighted by molar-refractivity contribution is -0.136. The Balaban J connectivity index is 2.63. The maximum absolute atomic E-state index is 12.1. The second-order valence-corrected chi connectivity index (χ2v) is 5.38. The third-order valence-electron chi connectivity index (χ3n) is 2.78. The lowest BCUT2D eigenvalue weighted by Crippen LogP contribution is -2.45. The summed E-state index contributed by atoms with van der Waals surface area (Å²) in [6.07, 6.45) is 0. The van der Waals surface area contributed by atoms with E-state index < -0.39 is 6.04 Å². The monoisotopic (exact) mass is 241 g/mol. The molecule has 0 spiro atoms. The van der Waals surface area contributed by atoms with Crippen molar-refractivity contribution in [3.8, 4) is 0 Å². The first-order chi connectivity index (χ1) is 7.82. The second kappa shape index (κ2) is 5.49. The highest BCUT2D eigenvalue weighted by Gasteiger charge is 2.24. The highest BCUT2D eigenvalue weighted by molar-refractivity contribution is 5.90. The maximum Gasteiger partial charge on any atom is 0.247 e. The summed E-state index contributed by atoms with van der Waals surface area (Å²) in [6.45, 7) is 10.2. The van der Waals surface area contributed by atoms with Gasteiger partial charge in [-0.25, -0.2) is 0 Å². The molecule has 1 aliphatic rings. The third-order valence-corrected chi connectivity index (χ3v) is 2.78. The first-order valence-electron chi connectivity index (χ1n) is 6.02. The molecule has 1 rings (SSSR count). The van der Waals surface area contributed by atoms with Gasteiger partial charge in [0, 0.05) is 18.5 Å². The molecule has 0 aromatic carbocycles. The predicted octanol–water partition coefficient (Wildman–Crippen LogP) is 0.637. The number of hydrogen-bond donors (Lipinski definition) is 1. The van der Waals surface area contributed by atoms with Crippen molar-refractivity contribution in [3.05, 3.63) is 0 Å². The zero-order chi connectivity index (χ0) is 13.1. The van der Waals surface area contributed by atoms with Gasteiger partial charge in [0.15, 0.2) is 0 Å². The molecule has 1 atom stereocenters. The fourth-order valence-electron chi connectivity index (χ4n) is 1.51. The summed E-state index contributed by atoms with van der Waals surface area (Å²) in [5.74, 6) is 0.548. The van der Waals surface area contributed by atoms with E-state index in [1.54, 1.807) is 11.8 Å². The Bertz CT molecular complexity index is 301. The molecule has 0 aromatic rings. The molecule has 0 bridgehead atoms. The number of nitrogens with two attached hydrogens (primary N) is 1. The first kappa shape index (κ1) is 14.0. The number of carbonyl (C=O) groups is 1. The summed E-state index contributed by atoms with van der Waals surface area (Å²) in [5.41, 5.74) is 5.68. The van der Waals surface area contributed by atoms with Crippen LogP contribution in [-0.4, -0.2) is 49.0 Å². The number of amidine groups is 1. The van der Waals surface area contributed by atoms with Crippen molar-refractivity contribution >= 4 is 11.7 Å². The van der Waals surface area contributed by atoms with Crippen LogP contribution in [0.25, 0.3) is 0 Å². The molecule has 0 saturated carbocycles. The average Bonchev–Trinajstić information content (AvgIpc) is 2.27. The maximum atomic E-state index is 12.1.